The molecule has 0 saturated carbocycles. The van der Waals surface area contributed by atoms with Crippen molar-refractivity contribution < 1.29 is 26.7 Å². The number of carbonyl (C=O) groups is 1. The molecule has 0 spiro atoms. The number of morpholine rings is 1. The number of nitrogens with one attached hydrogen (secondary N) is 2. The summed E-state index contributed by atoms with van der Waals surface area (Å²) in [7, 11) is -3.56. The summed E-state index contributed by atoms with van der Waals surface area (Å²) in [5, 5.41) is 5.08. The smallest absolute Gasteiger partial charge is 0.262 e. The number of nitrogens with zero attached hydrogens (tertiary/aromatic N) is 1. The van der Waals surface area contributed by atoms with Crippen molar-refractivity contribution in [2.24, 2.45) is 0 Å². The van der Waals surface area contributed by atoms with Crippen molar-refractivity contribution in [2.75, 3.05) is 32.8 Å². The lowest BCUT2D eigenvalue weighted by Crippen LogP contribution is -2.40. The first-order valence-corrected chi connectivity index (χ1v) is 9.78. The van der Waals surface area contributed by atoms with E-state index in [1.54, 1.807) is 12.1 Å². The third-order valence-corrected chi connectivity index (χ3v) is 6.34. The molecule has 2 N–H and O–H groups in total. The van der Waals surface area contributed by atoms with E-state index in [0.717, 1.165) is 0 Å². The second-order valence-corrected chi connectivity index (χ2v) is 8.31. The standard InChI is InChI=1S/C16H21F2N3O4S.ClH/c17-16(18)9-14(20-11-16)15(22)19-10-12-1-3-13(4-2-12)26(23,24)21-5-7-25-8-6-21;/h1-4,14,20H,5-11H2,(H,19,22);1H. The molecule has 27 heavy (non-hydrogen) atoms. The number of hydrogen-bond acceptors (Lipinski definition) is 5. The maximum atomic E-state index is 13.1. The number of amides is 1. The Morgan fingerprint density at radius 2 is 1.89 bits per heavy atom. The number of benzene rings is 1. The highest BCUT2D eigenvalue weighted by Gasteiger charge is 2.42. The van der Waals surface area contributed by atoms with Crippen LogP contribution < -0.4 is 10.6 Å². The summed E-state index contributed by atoms with van der Waals surface area (Å²) < 4.78 is 57.8. The fourth-order valence-electron chi connectivity index (χ4n) is 2.93. The van der Waals surface area contributed by atoms with Crippen molar-refractivity contribution in [3.8, 4) is 0 Å². The molecule has 0 radical (unpaired) electrons. The molecule has 0 bridgehead atoms. The molecule has 152 valence electrons. The quantitative estimate of drug-likeness (QED) is 0.726. The highest BCUT2D eigenvalue weighted by molar-refractivity contribution is 7.89. The molecule has 11 heteroatoms. The van der Waals surface area contributed by atoms with Gasteiger partial charge in [-0.05, 0) is 17.7 Å². The maximum absolute atomic E-state index is 13.1. The minimum atomic E-state index is -3.56. The zero-order valence-corrected chi connectivity index (χ0v) is 16.1. The summed E-state index contributed by atoms with van der Waals surface area (Å²) >= 11 is 0. The molecule has 0 aromatic heterocycles. The fraction of sp³-hybridized carbons (Fsp3) is 0.562. The molecule has 1 aromatic carbocycles. The average molecular weight is 426 g/mol. The Labute approximate surface area is 162 Å². The Kier molecular flexibility index (Phi) is 7.14. The Morgan fingerprint density at radius 1 is 1.26 bits per heavy atom. The lowest BCUT2D eigenvalue weighted by Gasteiger charge is -2.26. The molecule has 1 amide bonds. The zero-order chi connectivity index (χ0) is 18.8. The first-order valence-electron chi connectivity index (χ1n) is 8.34. The minimum Gasteiger partial charge on any atom is -0.379 e. The van der Waals surface area contributed by atoms with E-state index in [9.17, 15) is 22.0 Å². The van der Waals surface area contributed by atoms with Crippen LogP contribution in [0.5, 0.6) is 0 Å². The summed E-state index contributed by atoms with van der Waals surface area (Å²) in [6.07, 6.45) is -0.518. The molecular formula is C16H22ClF2N3O4S. The molecule has 1 unspecified atom stereocenters. The number of ether oxygens (including phenoxy) is 1. The van der Waals surface area contributed by atoms with Crippen LogP contribution in [0.25, 0.3) is 0 Å². The van der Waals surface area contributed by atoms with Gasteiger partial charge in [0.1, 0.15) is 0 Å². The summed E-state index contributed by atoms with van der Waals surface area (Å²) in [6.45, 7) is 1.02. The van der Waals surface area contributed by atoms with E-state index < -0.39 is 40.9 Å². The van der Waals surface area contributed by atoms with Crippen LogP contribution in [0.4, 0.5) is 8.78 Å². The second kappa shape index (κ2) is 8.78. The van der Waals surface area contributed by atoms with E-state index in [4.69, 9.17) is 4.74 Å². The first-order chi connectivity index (χ1) is 12.3. The number of halogens is 3. The van der Waals surface area contributed by atoms with E-state index in [0.29, 0.717) is 31.9 Å². The van der Waals surface area contributed by atoms with Gasteiger partial charge in [0.05, 0.1) is 30.7 Å². The van der Waals surface area contributed by atoms with Gasteiger partial charge in [-0.3, -0.25) is 10.1 Å². The molecule has 2 aliphatic heterocycles. The van der Waals surface area contributed by atoms with E-state index in [-0.39, 0.29) is 23.8 Å². The Balaban J connectivity index is 0.00000261. The highest BCUT2D eigenvalue weighted by Crippen LogP contribution is 2.25. The molecule has 7 nitrogen and oxygen atoms in total. The van der Waals surface area contributed by atoms with Gasteiger partial charge in [0, 0.05) is 26.1 Å². The lowest BCUT2D eigenvalue weighted by molar-refractivity contribution is -0.123. The predicted molar refractivity (Wildman–Crippen MR) is 96.5 cm³/mol. The van der Waals surface area contributed by atoms with Crippen molar-refractivity contribution >= 4 is 28.3 Å². The van der Waals surface area contributed by atoms with E-state index >= 15 is 0 Å². The van der Waals surface area contributed by atoms with Crippen LogP contribution in [-0.4, -0.2) is 63.4 Å². The molecule has 2 aliphatic rings. The Morgan fingerprint density at radius 3 is 2.44 bits per heavy atom. The number of hydrogen-bond donors (Lipinski definition) is 2. The number of carbonyl (C=O) groups excluding carboxylic acids is 1. The molecule has 3 rings (SSSR count). The monoisotopic (exact) mass is 425 g/mol. The lowest BCUT2D eigenvalue weighted by atomic mass is 10.1. The van der Waals surface area contributed by atoms with Gasteiger partial charge in [0.25, 0.3) is 5.92 Å². The minimum absolute atomic E-state index is 0. The van der Waals surface area contributed by atoms with Gasteiger partial charge in [-0.15, -0.1) is 12.4 Å². The van der Waals surface area contributed by atoms with Crippen LogP contribution in [0.2, 0.25) is 0 Å². The maximum Gasteiger partial charge on any atom is 0.262 e. The van der Waals surface area contributed by atoms with Crippen LogP contribution in [0.15, 0.2) is 29.2 Å². The van der Waals surface area contributed by atoms with E-state index in [1.165, 1.54) is 16.4 Å². The third kappa shape index (κ3) is 5.35. The fourth-order valence-corrected chi connectivity index (χ4v) is 4.34. The number of sulfonamides is 1. The first kappa shape index (κ1) is 22.0. The van der Waals surface area contributed by atoms with Gasteiger partial charge >= 0.3 is 0 Å². The molecule has 1 aromatic rings. The van der Waals surface area contributed by atoms with Crippen LogP contribution >= 0.6 is 12.4 Å². The molecule has 0 aliphatic carbocycles. The van der Waals surface area contributed by atoms with Crippen molar-refractivity contribution in [1.82, 2.24) is 14.9 Å². The van der Waals surface area contributed by atoms with E-state index in [2.05, 4.69) is 10.6 Å². The van der Waals surface area contributed by atoms with Gasteiger partial charge in [-0.25, -0.2) is 17.2 Å². The van der Waals surface area contributed by atoms with Crippen LogP contribution in [0.1, 0.15) is 12.0 Å². The summed E-state index contributed by atoms with van der Waals surface area (Å²) in [5.41, 5.74) is 0.684. The van der Waals surface area contributed by atoms with Gasteiger partial charge < -0.3 is 10.1 Å². The van der Waals surface area contributed by atoms with Gasteiger partial charge in [0.15, 0.2) is 0 Å². The Bertz CT molecular complexity index is 755. The second-order valence-electron chi connectivity index (χ2n) is 6.37. The van der Waals surface area contributed by atoms with Crippen molar-refractivity contribution in [2.45, 2.75) is 29.8 Å². The molecule has 2 fully saturated rings. The number of rotatable bonds is 5. The third-order valence-electron chi connectivity index (χ3n) is 4.42. The van der Waals surface area contributed by atoms with Crippen LogP contribution in [0, 0.1) is 0 Å². The van der Waals surface area contributed by atoms with Gasteiger partial charge in [0.2, 0.25) is 15.9 Å². The number of alkyl halides is 2. The Hall–Kier alpha value is -1.33. The highest BCUT2D eigenvalue weighted by atomic mass is 35.5. The SMILES string of the molecule is Cl.O=C(NCc1ccc(S(=O)(=O)N2CCOCC2)cc1)C1CC(F)(F)CN1. The molecular weight excluding hydrogens is 404 g/mol. The van der Waals surface area contributed by atoms with Gasteiger partial charge in [-0.1, -0.05) is 12.1 Å². The van der Waals surface area contributed by atoms with E-state index in [1.807, 2.05) is 0 Å². The molecule has 2 heterocycles. The summed E-state index contributed by atoms with van der Waals surface area (Å²) in [6, 6.07) is 5.25. The average Bonchev–Trinajstić information content (AvgIpc) is 3.01. The van der Waals surface area contributed by atoms with Crippen molar-refractivity contribution in [3.05, 3.63) is 29.8 Å². The predicted octanol–water partition coefficient (Wildman–Crippen LogP) is 0.743. The topological polar surface area (TPSA) is 87.7 Å². The van der Waals surface area contributed by atoms with Crippen LogP contribution in [-0.2, 0) is 26.1 Å². The van der Waals surface area contributed by atoms with Crippen molar-refractivity contribution in [1.29, 1.82) is 0 Å². The summed E-state index contributed by atoms with van der Waals surface area (Å²) in [4.78, 5) is 12.1. The normalized spacial score (nSPS) is 22.8. The molecule has 1 atom stereocenters. The zero-order valence-electron chi connectivity index (χ0n) is 14.5. The largest absolute Gasteiger partial charge is 0.379 e. The van der Waals surface area contributed by atoms with Gasteiger partial charge in [-0.2, -0.15) is 4.31 Å². The van der Waals surface area contributed by atoms with Crippen molar-refractivity contribution in [3.63, 3.8) is 0 Å². The van der Waals surface area contributed by atoms with Crippen LogP contribution in [0.3, 0.4) is 0 Å². The molecule has 2 saturated heterocycles. The summed E-state index contributed by atoms with van der Waals surface area (Å²) in [5.74, 6) is -3.36.